The standard InChI is InChI=1S/C13H17N3O2/c1-3-15-10-6-4-5-7-11(10)16(13(15)18)9-8-12(17)14-2/h4-7H,3,8-9H2,1-2H3,(H,14,17). The maximum atomic E-state index is 12.2. The first-order valence-corrected chi connectivity index (χ1v) is 6.07. The molecule has 0 aliphatic carbocycles. The molecule has 1 aromatic heterocycles. The summed E-state index contributed by atoms with van der Waals surface area (Å²) in [6.45, 7) is 2.98. The number of amides is 1. The van der Waals surface area contributed by atoms with E-state index in [-0.39, 0.29) is 11.6 Å². The molecule has 1 amide bonds. The molecule has 0 spiro atoms. The zero-order valence-corrected chi connectivity index (χ0v) is 10.6. The molecular formula is C13H17N3O2. The maximum absolute atomic E-state index is 12.2. The van der Waals surface area contributed by atoms with Crippen molar-refractivity contribution in [1.29, 1.82) is 0 Å². The van der Waals surface area contributed by atoms with Gasteiger partial charge >= 0.3 is 5.69 Å². The lowest BCUT2D eigenvalue weighted by Gasteiger charge is -2.02. The molecule has 0 aliphatic rings. The Morgan fingerprint density at radius 1 is 1.22 bits per heavy atom. The quantitative estimate of drug-likeness (QED) is 0.875. The van der Waals surface area contributed by atoms with Crippen LogP contribution in [0.2, 0.25) is 0 Å². The van der Waals surface area contributed by atoms with Crippen molar-refractivity contribution in [1.82, 2.24) is 14.5 Å². The van der Waals surface area contributed by atoms with Crippen LogP contribution in [-0.2, 0) is 17.9 Å². The van der Waals surface area contributed by atoms with E-state index >= 15 is 0 Å². The Kier molecular flexibility index (Phi) is 3.50. The Labute approximate surface area is 105 Å². The fourth-order valence-corrected chi connectivity index (χ4v) is 2.13. The van der Waals surface area contributed by atoms with Crippen LogP contribution < -0.4 is 11.0 Å². The fraction of sp³-hybridized carbons (Fsp3) is 0.385. The summed E-state index contributed by atoms with van der Waals surface area (Å²) in [5.41, 5.74) is 1.75. The molecule has 1 N–H and O–H groups in total. The molecule has 0 atom stereocenters. The lowest BCUT2D eigenvalue weighted by atomic mass is 10.3. The summed E-state index contributed by atoms with van der Waals surface area (Å²) in [5, 5.41) is 2.56. The van der Waals surface area contributed by atoms with Gasteiger partial charge in [-0.15, -0.1) is 0 Å². The Balaban J connectivity index is 2.46. The second-order valence-corrected chi connectivity index (χ2v) is 4.09. The fourth-order valence-electron chi connectivity index (χ4n) is 2.13. The molecule has 96 valence electrons. The lowest BCUT2D eigenvalue weighted by Crippen LogP contribution is -2.26. The van der Waals surface area contributed by atoms with Crippen LogP contribution in [0.25, 0.3) is 11.0 Å². The predicted octanol–water partition coefficient (Wildman–Crippen LogP) is 0.959. The molecular weight excluding hydrogens is 230 g/mol. The van der Waals surface area contributed by atoms with Gasteiger partial charge in [-0.25, -0.2) is 4.79 Å². The largest absolute Gasteiger partial charge is 0.359 e. The number of carbonyl (C=O) groups is 1. The molecule has 2 aromatic rings. The Hall–Kier alpha value is -2.04. The minimum absolute atomic E-state index is 0.0531. The van der Waals surface area contributed by atoms with E-state index < -0.39 is 0 Å². The molecule has 0 fully saturated rings. The third kappa shape index (κ3) is 2.03. The van der Waals surface area contributed by atoms with E-state index in [9.17, 15) is 9.59 Å². The van der Waals surface area contributed by atoms with Crippen molar-refractivity contribution in [3.8, 4) is 0 Å². The molecule has 0 bridgehead atoms. The number of carbonyl (C=O) groups excluding carboxylic acids is 1. The molecule has 0 aliphatic heterocycles. The van der Waals surface area contributed by atoms with Gasteiger partial charge < -0.3 is 5.32 Å². The second kappa shape index (κ2) is 5.08. The predicted molar refractivity (Wildman–Crippen MR) is 70.6 cm³/mol. The van der Waals surface area contributed by atoms with E-state index in [0.29, 0.717) is 19.5 Å². The maximum Gasteiger partial charge on any atom is 0.329 e. The monoisotopic (exact) mass is 247 g/mol. The summed E-state index contributed by atoms with van der Waals surface area (Å²) in [7, 11) is 1.60. The van der Waals surface area contributed by atoms with Gasteiger partial charge in [0.25, 0.3) is 0 Å². The van der Waals surface area contributed by atoms with E-state index in [4.69, 9.17) is 0 Å². The normalized spacial score (nSPS) is 10.8. The first-order valence-electron chi connectivity index (χ1n) is 6.07. The number of fused-ring (bicyclic) bond motifs is 1. The van der Waals surface area contributed by atoms with Crippen LogP contribution >= 0.6 is 0 Å². The number of benzene rings is 1. The number of rotatable bonds is 4. The smallest absolute Gasteiger partial charge is 0.329 e. The summed E-state index contributed by atoms with van der Waals surface area (Å²) in [6, 6.07) is 7.65. The van der Waals surface area contributed by atoms with Crippen molar-refractivity contribution in [2.45, 2.75) is 26.4 Å². The summed E-state index contributed by atoms with van der Waals surface area (Å²) in [6.07, 6.45) is 0.314. The third-order valence-corrected chi connectivity index (χ3v) is 3.08. The molecule has 0 radical (unpaired) electrons. The summed E-state index contributed by atoms with van der Waals surface area (Å²) >= 11 is 0. The first kappa shape index (κ1) is 12.4. The third-order valence-electron chi connectivity index (χ3n) is 3.08. The van der Waals surface area contributed by atoms with Crippen molar-refractivity contribution < 1.29 is 4.79 Å². The number of hydrogen-bond acceptors (Lipinski definition) is 2. The molecule has 1 heterocycles. The molecule has 5 nitrogen and oxygen atoms in total. The molecule has 2 rings (SSSR count). The highest BCUT2D eigenvalue weighted by Crippen LogP contribution is 2.12. The van der Waals surface area contributed by atoms with E-state index in [0.717, 1.165) is 11.0 Å². The SMILES string of the molecule is CCn1c(=O)n(CCC(=O)NC)c2ccccc21. The van der Waals surface area contributed by atoms with E-state index in [1.165, 1.54) is 0 Å². The van der Waals surface area contributed by atoms with Gasteiger partial charge in [0.2, 0.25) is 5.91 Å². The number of imidazole rings is 1. The second-order valence-electron chi connectivity index (χ2n) is 4.09. The topological polar surface area (TPSA) is 56.0 Å². The van der Waals surface area contributed by atoms with Crippen molar-refractivity contribution >= 4 is 16.9 Å². The minimum Gasteiger partial charge on any atom is -0.359 e. The van der Waals surface area contributed by atoms with Crippen LogP contribution in [-0.4, -0.2) is 22.1 Å². The number of hydrogen-bond donors (Lipinski definition) is 1. The first-order chi connectivity index (χ1) is 8.69. The molecule has 0 saturated carbocycles. The summed E-state index contributed by atoms with van der Waals surface area (Å²) in [5.74, 6) is -0.0600. The van der Waals surface area contributed by atoms with Crippen LogP contribution in [0.5, 0.6) is 0 Å². The molecule has 18 heavy (non-hydrogen) atoms. The van der Waals surface area contributed by atoms with Gasteiger partial charge in [0, 0.05) is 26.6 Å². The Morgan fingerprint density at radius 2 is 1.83 bits per heavy atom. The van der Waals surface area contributed by atoms with Crippen molar-refractivity contribution in [2.75, 3.05) is 7.05 Å². The van der Waals surface area contributed by atoms with Gasteiger partial charge in [-0.2, -0.15) is 0 Å². The highest BCUT2D eigenvalue weighted by atomic mass is 16.2. The van der Waals surface area contributed by atoms with Gasteiger partial charge in [0.15, 0.2) is 0 Å². The van der Waals surface area contributed by atoms with E-state index in [1.54, 1.807) is 16.2 Å². The van der Waals surface area contributed by atoms with Crippen LogP contribution in [0.1, 0.15) is 13.3 Å². The minimum atomic E-state index is -0.0600. The van der Waals surface area contributed by atoms with Crippen LogP contribution in [0.3, 0.4) is 0 Å². The number of aromatic nitrogens is 2. The van der Waals surface area contributed by atoms with Crippen molar-refractivity contribution in [3.63, 3.8) is 0 Å². The number of aryl methyl sites for hydroxylation is 2. The van der Waals surface area contributed by atoms with Crippen LogP contribution in [0.15, 0.2) is 29.1 Å². The van der Waals surface area contributed by atoms with Gasteiger partial charge in [0.05, 0.1) is 11.0 Å². The zero-order chi connectivity index (χ0) is 13.1. The highest BCUT2D eigenvalue weighted by molar-refractivity contribution is 5.77. The Morgan fingerprint density at radius 3 is 2.39 bits per heavy atom. The number of nitrogens with zero attached hydrogens (tertiary/aromatic N) is 2. The summed E-state index contributed by atoms with van der Waals surface area (Å²) < 4.78 is 3.38. The highest BCUT2D eigenvalue weighted by Gasteiger charge is 2.11. The average Bonchev–Trinajstić information content (AvgIpc) is 2.67. The van der Waals surface area contributed by atoms with E-state index in [1.807, 2.05) is 31.2 Å². The van der Waals surface area contributed by atoms with E-state index in [2.05, 4.69) is 5.32 Å². The molecule has 1 aromatic carbocycles. The summed E-state index contributed by atoms with van der Waals surface area (Å²) in [4.78, 5) is 23.5. The van der Waals surface area contributed by atoms with Gasteiger partial charge in [-0.05, 0) is 19.1 Å². The number of nitrogens with one attached hydrogen (secondary N) is 1. The average molecular weight is 247 g/mol. The lowest BCUT2D eigenvalue weighted by molar-refractivity contribution is -0.120. The van der Waals surface area contributed by atoms with Crippen molar-refractivity contribution in [3.05, 3.63) is 34.7 Å². The van der Waals surface area contributed by atoms with Crippen molar-refractivity contribution in [2.24, 2.45) is 0 Å². The Bertz CT molecular complexity index is 625. The molecule has 0 unspecified atom stereocenters. The van der Waals surface area contributed by atoms with Gasteiger partial charge in [0.1, 0.15) is 0 Å². The van der Waals surface area contributed by atoms with Crippen LogP contribution in [0, 0.1) is 0 Å². The zero-order valence-electron chi connectivity index (χ0n) is 10.6. The molecule has 0 saturated heterocycles. The number of para-hydroxylation sites is 2. The molecule has 5 heteroatoms. The van der Waals surface area contributed by atoms with Crippen LogP contribution in [0.4, 0.5) is 0 Å². The van der Waals surface area contributed by atoms with Gasteiger partial charge in [-0.3, -0.25) is 13.9 Å². The van der Waals surface area contributed by atoms with Gasteiger partial charge in [-0.1, -0.05) is 12.1 Å².